The maximum atomic E-state index is 12.2. The largest absolute Gasteiger partial charge is 0.458 e. The SMILES string of the molecule is CCC(=O)C(c1ccccc1)C(C)(C)OC(=O)CN. The van der Waals surface area contributed by atoms with Crippen molar-refractivity contribution in [2.75, 3.05) is 6.54 Å². The van der Waals surface area contributed by atoms with Crippen LogP contribution in [0.2, 0.25) is 0 Å². The molecule has 0 aliphatic heterocycles. The molecule has 104 valence electrons. The second-order valence-corrected chi connectivity index (χ2v) is 4.95. The van der Waals surface area contributed by atoms with Gasteiger partial charge in [0.15, 0.2) is 0 Å². The molecule has 2 N–H and O–H groups in total. The van der Waals surface area contributed by atoms with Gasteiger partial charge >= 0.3 is 5.97 Å². The third-order valence-corrected chi connectivity index (χ3v) is 3.04. The number of rotatable bonds is 6. The Balaban J connectivity index is 3.10. The lowest BCUT2D eigenvalue weighted by Gasteiger charge is -2.33. The molecule has 0 heterocycles. The van der Waals surface area contributed by atoms with Crippen LogP contribution in [0.15, 0.2) is 30.3 Å². The highest BCUT2D eigenvalue weighted by atomic mass is 16.6. The van der Waals surface area contributed by atoms with E-state index < -0.39 is 17.5 Å². The van der Waals surface area contributed by atoms with Gasteiger partial charge in [-0.05, 0) is 19.4 Å². The van der Waals surface area contributed by atoms with E-state index in [1.54, 1.807) is 20.8 Å². The first-order valence-electron chi connectivity index (χ1n) is 6.42. The average Bonchev–Trinajstić information content (AvgIpc) is 2.38. The van der Waals surface area contributed by atoms with Crippen molar-refractivity contribution in [2.24, 2.45) is 5.73 Å². The lowest BCUT2D eigenvalue weighted by molar-refractivity contribution is -0.158. The summed E-state index contributed by atoms with van der Waals surface area (Å²) in [6.45, 7) is 5.10. The van der Waals surface area contributed by atoms with Gasteiger partial charge in [-0.2, -0.15) is 0 Å². The first-order chi connectivity index (χ1) is 8.92. The first-order valence-corrected chi connectivity index (χ1v) is 6.42. The zero-order valence-corrected chi connectivity index (χ0v) is 11.7. The van der Waals surface area contributed by atoms with Crippen molar-refractivity contribution in [1.29, 1.82) is 0 Å². The Morgan fingerprint density at radius 3 is 2.32 bits per heavy atom. The number of Topliss-reactive ketones (excluding diaryl/α,β-unsaturated/α-hetero) is 1. The predicted molar refractivity (Wildman–Crippen MR) is 73.7 cm³/mol. The van der Waals surface area contributed by atoms with Gasteiger partial charge in [-0.15, -0.1) is 0 Å². The maximum Gasteiger partial charge on any atom is 0.320 e. The van der Waals surface area contributed by atoms with Crippen molar-refractivity contribution in [2.45, 2.75) is 38.7 Å². The molecule has 0 spiro atoms. The molecular weight excluding hydrogens is 242 g/mol. The highest BCUT2D eigenvalue weighted by molar-refractivity contribution is 5.87. The minimum atomic E-state index is -0.912. The lowest BCUT2D eigenvalue weighted by atomic mass is 9.80. The number of carbonyl (C=O) groups excluding carboxylic acids is 2. The van der Waals surface area contributed by atoms with Crippen LogP contribution < -0.4 is 5.73 Å². The monoisotopic (exact) mass is 263 g/mol. The minimum Gasteiger partial charge on any atom is -0.458 e. The molecule has 0 saturated carbocycles. The van der Waals surface area contributed by atoms with Gasteiger partial charge in [0.05, 0.1) is 12.5 Å². The molecular formula is C15H21NO3. The number of hydrogen-bond acceptors (Lipinski definition) is 4. The molecule has 4 heteroatoms. The molecule has 0 radical (unpaired) electrons. The third-order valence-electron chi connectivity index (χ3n) is 3.04. The van der Waals surface area contributed by atoms with Gasteiger partial charge in [-0.3, -0.25) is 9.59 Å². The molecule has 0 fully saturated rings. The molecule has 0 aromatic heterocycles. The van der Waals surface area contributed by atoms with Crippen LogP contribution in [0.4, 0.5) is 0 Å². The Hall–Kier alpha value is -1.68. The lowest BCUT2D eigenvalue weighted by Crippen LogP contribution is -2.40. The summed E-state index contributed by atoms with van der Waals surface area (Å²) in [5.74, 6) is -0.940. The van der Waals surface area contributed by atoms with Gasteiger partial charge in [0.1, 0.15) is 11.4 Å². The minimum absolute atomic E-state index is 0.0426. The van der Waals surface area contributed by atoms with Gasteiger partial charge in [-0.1, -0.05) is 37.3 Å². The van der Waals surface area contributed by atoms with E-state index >= 15 is 0 Å². The molecule has 0 bridgehead atoms. The molecule has 1 aromatic carbocycles. The Kier molecular flexibility index (Phi) is 5.24. The van der Waals surface area contributed by atoms with Gasteiger partial charge < -0.3 is 10.5 Å². The Morgan fingerprint density at radius 1 is 1.26 bits per heavy atom. The van der Waals surface area contributed by atoms with Crippen LogP contribution in [-0.4, -0.2) is 23.9 Å². The number of ether oxygens (including phenoxy) is 1. The van der Waals surface area contributed by atoms with Crippen molar-refractivity contribution < 1.29 is 14.3 Å². The van der Waals surface area contributed by atoms with Gasteiger partial charge in [0.2, 0.25) is 0 Å². The van der Waals surface area contributed by atoms with Crippen molar-refractivity contribution in [1.82, 2.24) is 0 Å². The third kappa shape index (κ3) is 3.89. The number of hydrogen-bond donors (Lipinski definition) is 1. The smallest absolute Gasteiger partial charge is 0.320 e. The molecule has 1 atom stereocenters. The fourth-order valence-electron chi connectivity index (χ4n) is 2.22. The van der Waals surface area contributed by atoms with Gasteiger partial charge in [0, 0.05) is 6.42 Å². The second-order valence-electron chi connectivity index (χ2n) is 4.95. The molecule has 0 amide bonds. The summed E-state index contributed by atoms with van der Waals surface area (Å²) >= 11 is 0. The summed E-state index contributed by atoms with van der Waals surface area (Å²) < 4.78 is 5.34. The van der Waals surface area contributed by atoms with Gasteiger partial charge in [-0.25, -0.2) is 0 Å². The summed E-state index contributed by atoms with van der Waals surface area (Å²) in [4.78, 5) is 23.6. The van der Waals surface area contributed by atoms with Crippen LogP contribution in [0.25, 0.3) is 0 Å². The van der Waals surface area contributed by atoms with E-state index in [9.17, 15) is 9.59 Å². The molecule has 0 aliphatic carbocycles. The predicted octanol–water partition coefficient (Wildman–Crippen LogP) is 2.03. The van der Waals surface area contributed by atoms with E-state index in [2.05, 4.69) is 0 Å². The molecule has 0 aliphatic rings. The van der Waals surface area contributed by atoms with E-state index in [1.165, 1.54) is 0 Å². The van der Waals surface area contributed by atoms with Crippen LogP contribution in [0.1, 0.15) is 38.7 Å². The zero-order chi connectivity index (χ0) is 14.5. The quantitative estimate of drug-likeness (QED) is 0.797. The van der Waals surface area contributed by atoms with Crippen LogP contribution in [0, 0.1) is 0 Å². The van der Waals surface area contributed by atoms with Crippen molar-refractivity contribution >= 4 is 11.8 Å². The molecule has 1 aromatic rings. The molecule has 4 nitrogen and oxygen atoms in total. The molecule has 1 unspecified atom stereocenters. The standard InChI is InChI=1S/C15H21NO3/c1-4-12(17)14(11-8-6-5-7-9-11)15(2,3)19-13(18)10-16/h5-9,14H,4,10,16H2,1-3H3. The number of benzene rings is 1. The van der Waals surface area contributed by atoms with Crippen LogP contribution in [-0.2, 0) is 14.3 Å². The average molecular weight is 263 g/mol. The van der Waals surface area contributed by atoms with Crippen LogP contribution >= 0.6 is 0 Å². The number of carbonyl (C=O) groups is 2. The Labute approximate surface area is 113 Å². The fourth-order valence-corrected chi connectivity index (χ4v) is 2.22. The normalized spacial score (nSPS) is 12.8. The van der Waals surface area contributed by atoms with E-state index in [0.717, 1.165) is 5.56 Å². The molecule has 19 heavy (non-hydrogen) atoms. The Morgan fingerprint density at radius 2 is 1.84 bits per heavy atom. The summed E-state index contributed by atoms with van der Waals surface area (Å²) in [6.07, 6.45) is 0.392. The highest BCUT2D eigenvalue weighted by Crippen LogP contribution is 2.33. The number of ketones is 1. The summed E-state index contributed by atoms with van der Waals surface area (Å²) in [5, 5.41) is 0. The molecule has 0 saturated heterocycles. The van der Waals surface area contributed by atoms with Crippen molar-refractivity contribution in [3.05, 3.63) is 35.9 Å². The van der Waals surface area contributed by atoms with Crippen molar-refractivity contribution in [3.63, 3.8) is 0 Å². The summed E-state index contributed by atoms with van der Waals surface area (Å²) in [7, 11) is 0. The molecule has 1 rings (SSSR count). The topological polar surface area (TPSA) is 69.4 Å². The van der Waals surface area contributed by atoms with Crippen molar-refractivity contribution in [3.8, 4) is 0 Å². The number of nitrogens with two attached hydrogens (primary N) is 1. The summed E-state index contributed by atoms with van der Waals surface area (Å²) in [6, 6.07) is 9.36. The first kappa shape index (κ1) is 15.4. The van der Waals surface area contributed by atoms with E-state index in [1.807, 2.05) is 30.3 Å². The van der Waals surface area contributed by atoms with Gasteiger partial charge in [0.25, 0.3) is 0 Å². The number of esters is 1. The van der Waals surface area contributed by atoms with Crippen LogP contribution in [0.3, 0.4) is 0 Å². The highest BCUT2D eigenvalue weighted by Gasteiger charge is 2.38. The summed E-state index contributed by atoms with van der Waals surface area (Å²) in [5.41, 5.74) is 5.21. The fraction of sp³-hybridized carbons (Fsp3) is 0.467. The maximum absolute atomic E-state index is 12.2. The zero-order valence-electron chi connectivity index (χ0n) is 11.7. The Bertz CT molecular complexity index is 440. The van der Waals surface area contributed by atoms with E-state index in [0.29, 0.717) is 6.42 Å². The van der Waals surface area contributed by atoms with E-state index in [-0.39, 0.29) is 12.3 Å². The van der Waals surface area contributed by atoms with Crippen LogP contribution in [0.5, 0.6) is 0 Å². The second kappa shape index (κ2) is 6.48. The van der Waals surface area contributed by atoms with E-state index in [4.69, 9.17) is 10.5 Å².